The number of carboxylic acid groups (broad SMARTS) is 1. The Bertz CT molecular complexity index is 427. The van der Waals surface area contributed by atoms with E-state index in [1.54, 1.807) is 0 Å². The predicted octanol–water partition coefficient (Wildman–Crippen LogP) is 3.05. The van der Waals surface area contributed by atoms with E-state index >= 15 is 0 Å². The summed E-state index contributed by atoms with van der Waals surface area (Å²) in [5.74, 6) is -7.90. The van der Waals surface area contributed by atoms with Crippen LogP contribution >= 0.6 is 0 Å². The largest absolute Gasteiger partial charge is 1.00 e. The molecule has 0 aromatic carbocycles. The first kappa shape index (κ1) is 38.3. The Kier molecular flexibility index (Phi) is 24.2. The van der Waals surface area contributed by atoms with E-state index in [4.69, 9.17) is 20.4 Å². The number of carboxylic acids is 1. The number of rotatable bonds is 2. The van der Waals surface area contributed by atoms with Crippen LogP contribution in [0.5, 0.6) is 0 Å². The van der Waals surface area contributed by atoms with Gasteiger partial charge in [-0.3, -0.25) is 4.79 Å². The Labute approximate surface area is 153 Å². The first-order chi connectivity index (χ1) is 8.67. The van der Waals surface area contributed by atoms with Crippen molar-refractivity contribution in [2.45, 2.75) is 12.4 Å². The molecule has 0 saturated heterocycles. The summed E-state index contributed by atoms with van der Waals surface area (Å²) < 4.78 is 68.1. The molecule has 24 heavy (non-hydrogen) atoms. The van der Waals surface area contributed by atoms with Gasteiger partial charge in [-0.05, 0) is 0 Å². The fourth-order valence-corrected chi connectivity index (χ4v) is 0.398. The van der Waals surface area contributed by atoms with Crippen LogP contribution in [0.15, 0.2) is 23.9 Å². The Morgan fingerprint density at radius 3 is 1.17 bits per heavy atom. The van der Waals surface area contributed by atoms with Crippen LogP contribution in [0.1, 0.15) is 0 Å². The van der Waals surface area contributed by atoms with Crippen molar-refractivity contribution in [2.24, 2.45) is 0 Å². The van der Waals surface area contributed by atoms with Gasteiger partial charge in [-0.15, -0.1) is 0 Å². The minimum absolute atomic E-state index is 0. The zero-order valence-corrected chi connectivity index (χ0v) is 13.5. The summed E-state index contributed by atoms with van der Waals surface area (Å²) in [6.45, 7) is 0. The van der Waals surface area contributed by atoms with E-state index in [9.17, 15) is 35.9 Å². The van der Waals surface area contributed by atoms with E-state index in [2.05, 4.69) is 0 Å². The molecule has 0 amide bonds. The van der Waals surface area contributed by atoms with E-state index in [0.717, 1.165) is 0 Å². The first-order valence-electron chi connectivity index (χ1n) is 4.09. The molecule has 0 spiro atoms. The molecule has 0 aliphatic carbocycles. The van der Waals surface area contributed by atoms with Crippen LogP contribution in [0.4, 0.5) is 26.3 Å². The Balaban J connectivity index is -0.0000000650. The summed E-state index contributed by atoms with van der Waals surface area (Å²) in [5, 5.41) is 31.1. The van der Waals surface area contributed by atoms with Crippen LogP contribution in [0.25, 0.3) is 0 Å². The van der Waals surface area contributed by atoms with Crippen molar-refractivity contribution in [3.63, 3.8) is 0 Å². The average molecular weight is 469 g/mol. The van der Waals surface area contributed by atoms with E-state index in [1.165, 1.54) is 0 Å². The molecule has 14 heteroatoms. The number of aliphatic hydroxyl groups excluding tert-OH is 2. The smallest absolute Gasteiger partial charge is 0.504 e. The standard InChI is InChI=1S/C5H2F6O2.C3H4O4.2CH3.2Cu/c6-4(7,8)2(12)1-3(13)5(9,10)11;4-2(5)1-3(6)7;;;;/h1,12H;1,4-5H,(H,6,7);2*1H3;;/q;;2*-1;2*+1. The quantitative estimate of drug-likeness (QED) is 0.163. The molecule has 0 rings (SSSR count). The molecule has 0 saturated carbocycles. The maximum absolute atomic E-state index is 11.4. The second-order valence-electron chi connectivity index (χ2n) is 2.73. The SMILES string of the molecule is O=C(C=C(O)C(F)(F)F)C(F)(F)F.O=C(O)C=C(O)O.[CH3-].[CH3-].[Cu+].[Cu+]. The number of aliphatic carboxylic acids is 1. The summed E-state index contributed by atoms with van der Waals surface area (Å²) in [6.07, 6.45) is -11.4. The van der Waals surface area contributed by atoms with E-state index in [0.29, 0.717) is 0 Å². The van der Waals surface area contributed by atoms with Crippen molar-refractivity contribution in [3.8, 4) is 0 Å². The molecule has 0 aliphatic rings. The molecule has 0 bridgehead atoms. The maximum Gasteiger partial charge on any atom is 1.00 e. The molecule has 0 aromatic heterocycles. The van der Waals surface area contributed by atoms with Crippen LogP contribution in [0.2, 0.25) is 0 Å². The van der Waals surface area contributed by atoms with Gasteiger partial charge in [0, 0.05) is 6.08 Å². The van der Waals surface area contributed by atoms with Gasteiger partial charge in [-0.25, -0.2) is 4.79 Å². The fourth-order valence-electron chi connectivity index (χ4n) is 0.398. The number of hydrogen-bond acceptors (Lipinski definition) is 5. The van der Waals surface area contributed by atoms with Crippen LogP contribution < -0.4 is 0 Å². The third kappa shape index (κ3) is 22.9. The third-order valence-electron chi connectivity index (χ3n) is 1.09. The van der Waals surface area contributed by atoms with E-state index in [1.807, 2.05) is 0 Å². The molecule has 0 unspecified atom stereocenters. The van der Waals surface area contributed by atoms with Crippen LogP contribution in [0, 0.1) is 14.9 Å². The molecule has 6 nitrogen and oxygen atoms in total. The summed E-state index contributed by atoms with van der Waals surface area (Å²) in [6, 6.07) is 0. The van der Waals surface area contributed by atoms with Crippen molar-refractivity contribution >= 4 is 11.8 Å². The number of carbonyl (C=O) groups excluding carboxylic acids is 1. The van der Waals surface area contributed by atoms with Crippen molar-refractivity contribution in [3.05, 3.63) is 38.7 Å². The van der Waals surface area contributed by atoms with Gasteiger partial charge >= 0.3 is 52.5 Å². The van der Waals surface area contributed by atoms with Crippen molar-refractivity contribution in [1.82, 2.24) is 0 Å². The van der Waals surface area contributed by atoms with Crippen LogP contribution in [-0.2, 0) is 43.7 Å². The monoisotopic (exact) mass is 468 g/mol. The molecule has 0 radical (unpaired) electrons. The second-order valence-corrected chi connectivity index (χ2v) is 2.73. The molecule has 0 atom stereocenters. The summed E-state index contributed by atoms with van der Waals surface area (Å²) >= 11 is 0. The van der Waals surface area contributed by atoms with Crippen LogP contribution in [-0.4, -0.2) is 44.5 Å². The summed E-state index contributed by atoms with van der Waals surface area (Å²) in [5.41, 5.74) is 0. The maximum atomic E-state index is 11.4. The molecule has 152 valence electrons. The number of allylic oxidation sites excluding steroid dienone is 2. The summed E-state index contributed by atoms with van der Waals surface area (Å²) in [7, 11) is 0. The van der Waals surface area contributed by atoms with Gasteiger partial charge in [-0.1, -0.05) is 0 Å². The number of carbonyl (C=O) groups is 2. The zero-order chi connectivity index (χ0) is 16.7. The molecule has 0 heterocycles. The van der Waals surface area contributed by atoms with Crippen LogP contribution in [0.3, 0.4) is 0 Å². The average Bonchev–Trinajstić information content (AvgIpc) is 2.12. The number of alkyl halides is 6. The van der Waals surface area contributed by atoms with Gasteiger partial charge < -0.3 is 35.3 Å². The predicted molar refractivity (Wildman–Crippen MR) is 61.6 cm³/mol. The Hall–Kier alpha value is -1.36. The van der Waals surface area contributed by atoms with Gasteiger partial charge in [-0.2, -0.15) is 26.3 Å². The van der Waals surface area contributed by atoms with Crippen molar-refractivity contribution in [2.75, 3.05) is 0 Å². The molecule has 0 aromatic rings. The fraction of sp³-hybridized carbons (Fsp3) is 0.200. The third-order valence-corrected chi connectivity index (χ3v) is 1.09. The van der Waals surface area contributed by atoms with Gasteiger partial charge in [0.15, 0.2) is 0 Å². The molecule has 0 fully saturated rings. The van der Waals surface area contributed by atoms with Gasteiger partial charge in [0.05, 0.1) is 0 Å². The topological polar surface area (TPSA) is 115 Å². The van der Waals surface area contributed by atoms with Crippen molar-refractivity contribution in [1.29, 1.82) is 0 Å². The minimum Gasteiger partial charge on any atom is -0.504 e. The van der Waals surface area contributed by atoms with Gasteiger partial charge in [0.25, 0.3) is 11.7 Å². The number of ketones is 1. The van der Waals surface area contributed by atoms with Gasteiger partial charge in [0.2, 0.25) is 5.76 Å². The molecular formula is C10H12Cu2F6O6. The number of hydrogen-bond donors (Lipinski definition) is 4. The number of aliphatic hydroxyl groups is 3. The van der Waals surface area contributed by atoms with E-state index in [-0.39, 0.29) is 55.1 Å². The molecule has 0 aliphatic heterocycles. The Morgan fingerprint density at radius 2 is 1.04 bits per heavy atom. The first-order valence-corrected chi connectivity index (χ1v) is 4.09. The molecular weight excluding hydrogens is 457 g/mol. The molecule has 4 N–H and O–H groups in total. The summed E-state index contributed by atoms with van der Waals surface area (Å²) in [4.78, 5) is 19.3. The minimum atomic E-state index is -5.42. The van der Waals surface area contributed by atoms with E-state index < -0.39 is 41.9 Å². The number of halogens is 6. The normalized spacial score (nSPS) is 10.0. The second kappa shape index (κ2) is 15.2. The van der Waals surface area contributed by atoms with Gasteiger partial charge in [0.1, 0.15) is 6.08 Å². The zero-order valence-electron chi connectivity index (χ0n) is 11.6. The van der Waals surface area contributed by atoms with Crippen molar-refractivity contribution < 1.29 is 90.5 Å². The Morgan fingerprint density at radius 1 is 0.708 bits per heavy atom.